The zero-order chi connectivity index (χ0) is 21.4. The van der Waals surface area contributed by atoms with Gasteiger partial charge in [0.1, 0.15) is 5.75 Å². The molecule has 2 amide bonds. The Morgan fingerprint density at radius 1 is 1.00 bits per heavy atom. The highest BCUT2D eigenvalue weighted by Crippen LogP contribution is 2.23. The number of rotatable bonds is 8. The first kappa shape index (κ1) is 22.3. The van der Waals surface area contributed by atoms with Crippen molar-refractivity contribution in [2.45, 2.75) is 39.4 Å². The minimum atomic E-state index is -4.98. The summed E-state index contributed by atoms with van der Waals surface area (Å²) in [5.74, 6) is -1.51. The number of nitrogens with one attached hydrogen (secondary N) is 2. The topological polar surface area (TPSA) is 67.4 Å². The maximum absolute atomic E-state index is 12.4. The Morgan fingerprint density at radius 3 is 2.31 bits per heavy atom. The van der Waals surface area contributed by atoms with Gasteiger partial charge in [-0.15, -0.1) is 0 Å². The number of benzene rings is 2. The highest BCUT2D eigenvalue weighted by atomic mass is 19.4. The van der Waals surface area contributed by atoms with E-state index in [0.717, 1.165) is 16.9 Å². The molecule has 0 fully saturated rings. The van der Waals surface area contributed by atoms with Crippen LogP contribution in [0.2, 0.25) is 0 Å². The first-order valence-corrected chi connectivity index (χ1v) is 9.10. The van der Waals surface area contributed by atoms with Crippen LogP contribution in [-0.2, 0) is 16.1 Å². The van der Waals surface area contributed by atoms with E-state index >= 15 is 0 Å². The molecule has 2 aromatic carbocycles. The second-order valence-corrected chi connectivity index (χ2v) is 6.56. The molecule has 0 spiro atoms. The van der Waals surface area contributed by atoms with E-state index in [-0.39, 0.29) is 24.6 Å². The fourth-order valence-electron chi connectivity index (χ4n) is 2.71. The maximum Gasteiger partial charge on any atom is 0.471 e. The van der Waals surface area contributed by atoms with Crippen molar-refractivity contribution in [1.82, 2.24) is 5.32 Å². The van der Waals surface area contributed by atoms with Gasteiger partial charge in [0.05, 0.1) is 6.61 Å². The lowest BCUT2D eigenvalue weighted by Crippen LogP contribution is -2.31. The van der Waals surface area contributed by atoms with E-state index in [4.69, 9.17) is 4.74 Å². The van der Waals surface area contributed by atoms with Crippen molar-refractivity contribution in [2.75, 3.05) is 11.9 Å². The van der Waals surface area contributed by atoms with Gasteiger partial charge in [-0.1, -0.05) is 36.4 Å². The minimum Gasteiger partial charge on any atom is -0.493 e. The Morgan fingerprint density at radius 2 is 1.66 bits per heavy atom. The molecule has 2 N–H and O–H groups in total. The summed E-state index contributed by atoms with van der Waals surface area (Å²) < 4.78 is 43.0. The number of amides is 2. The average Bonchev–Trinajstić information content (AvgIpc) is 2.65. The molecule has 0 heterocycles. The predicted molar refractivity (Wildman–Crippen MR) is 104 cm³/mol. The number of para-hydroxylation sites is 2. The van der Waals surface area contributed by atoms with Gasteiger partial charge >= 0.3 is 12.1 Å². The third-order valence-electron chi connectivity index (χ3n) is 4.20. The Bertz CT molecular complexity index is 846. The quantitative estimate of drug-likeness (QED) is 0.641. The van der Waals surface area contributed by atoms with E-state index < -0.39 is 12.1 Å². The first-order valence-electron chi connectivity index (χ1n) is 9.10. The van der Waals surface area contributed by atoms with Crippen LogP contribution in [-0.4, -0.2) is 24.6 Å². The Hall–Kier alpha value is -3.03. The van der Waals surface area contributed by atoms with Crippen LogP contribution in [0.4, 0.5) is 18.9 Å². The molecule has 0 unspecified atom stereocenters. The smallest absolute Gasteiger partial charge is 0.471 e. The molecule has 29 heavy (non-hydrogen) atoms. The van der Waals surface area contributed by atoms with Crippen LogP contribution >= 0.6 is 0 Å². The van der Waals surface area contributed by atoms with Gasteiger partial charge in [-0.3, -0.25) is 9.59 Å². The van der Waals surface area contributed by atoms with Crippen molar-refractivity contribution in [3.8, 4) is 5.75 Å². The van der Waals surface area contributed by atoms with Crippen molar-refractivity contribution in [3.05, 3.63) is 59.2 Å². The summed E-state index contributed by atoms with van der Waals surface area (Å²) in [4.78, 5) is 23.1. The van der Waals surface area contributed by atoms with Crippen molar-refractivity contribution in [3.63, 3.8) is 0 Å². The van der Waals surface area contributed by atoms with E-state index in [1.54, 1.807) is 6.07 Å². The zero-order valence-corrected chi connectivity index (χ0v) is 16.2. The number of aryl methyl sites for hydroxylation is 2. The van der Waals surface area contributed by atoms with E-state index in [9.17, 15) is 22.8 Å². The Kier molecular flexibility index (Phi) is 7.64. The van der Waals surface area contributed by atoms with Crippen molar-refractivity contribution in [2.24, 2.45) is 0 Å². The number of anilines is 1. The van der Waals surface area contributed by atoms with Crippen LogP contribution in [0.3, 0.4) is 0 Å². The van der Waals surface area contributed by atoms with Gasteiger partial charge < -0.3 is 15.4 Å². The van der Waals surface area contributed by atoms with Crippen LogP contribution in [0.15, 0.2) is 42.5 Å². The van der Waals surface area contributed by atoms with Crippen LogP contribution in [0.1, 0.15) is 29.5 Å². The summed E-state index contributed by atoms with van der Waals surface area (Å²) in [7, 11) is 0. The van der Waals surface area contributed by atoms with E-state index in [1.165, 1.54) is 18.2 Å². The van der Waals surface area contributed by atoms with Crippen LogP contribution in [0, 0.1) is 13.8 Å². The molecule has 5 nitrogen and oxygen atoms in total. The number of carbonyl (C=O) groups is 2. The Balaban J connectivity index is 1.80. The van der Waals surface area contributed by atoms with E-state index in [1.807, 2.05) is 37.4 Å². The van der Waals surface area contributed by atoms with Crippen molar-refractivity contribution < 1.29 is 27.5 Å². The standard InChI is InChI=1S/C21H23F3N2O3/c1-14-7-5-8-15(2)19(14)29-12-6-11-18(27)25-13-16-9-3-4-10-17(16)26-20(28)21(22,23)24/h3-5,7-10H,6,11-13H2,1-2H3,(H,25,27)(H,26,28). The number of carbonyl (C=O) groups excluding carboxylic acids is 2. The summed E-state index contributed by atoms with van der Waals surface area (Å²) in [6.07, 6.45) is -4.28. The average molecular weight is 408 g/mol. The molecule has 0 aromatic heterocycles. The third kappa shape index (κ3) is 6.81. The van der Waals surface area contributed by atoms with Crippen molar-refractivity contribution >= 4 is 17.5 Å². The molecule has 0 radical (unpaired) electrons. The SMILES string of the molecule is Cc1cccc(C)c1OCCCC(=O)NCc1ccccc1NC(=O)C(F)(F)F. The molecule has 0 saturated heterocycles. The summed E-state index contributed by atoms with van der Waals surface area (Å²) in [5, 5.41) is 4.47. The van der Waals surface area contributed by atoms with E-state index in [0.29, 0.717) is 18.6 Å². The largest absolute Gasteiger partial charge is 0.493 e. The molecule has 0 aliphatic heterocycles. The monoisotopic (exact) mass is 408 g/mol. The molecular weight excluding hydrogens is 385 g/mol. The molecule has 0 bridgehead atoms. The van der Waals surface area contributed by atoms with Gasteiger partial charge in [0.15, 0.2) is 0 Å². The fraction of sp³-hybridized carbons (Fsp3) is 0.333. The number of halogens is 3. The highest BCUT2D eigenvalue weighted by Gasteiger charge is 2.38. The molecule has 156 valence electrons. The zero-order valence-electron chi connectivity index (χ0n) is 16.2. The second-order valence-electron chi connectivity index (χ2n) is 6.56. The van der Waals surface area contributed by atoms with Crippen LogP contribution in [0.25, 0.3) is 0 Å². The molecule has 2 rings (SSSR count). The summed E-state index contributed by atoms with van der Waals surface area (Å²) in [5.41, 5.74) is 2.43. The molecule has 0 aliphatic carbocycles. The Labute approximate surface area is 167 Å². The van der Waals surface area contributed by atoms with Gasteiger partial charge in [0.2, 0.25) is 5.91 Å². The summed E-state index contributed by atoms with van der Waals surface area (Å²) >= 11 is 0. The second kappa shape index (κ2) is 9.95. The lowest BCUT2D eigenvalue weighted by molar-refractivity contribution is -0.167. The molecule has 0 saturated carbocycles. The number of hydrogen-bond donors (Lipinski definition) is 2. The molecule has 2 aromatic rings. The lowest BCUT2D eigenvalue weighted by atomic mass is 10.1. The highest BCUT2D eigenvalue weighted by molar-refractivity contribution is 5.95. The molecule has 0 aliphatic rings. The number of ether oxygens (including phenoxy) is 1. The van der Waals surface area contributed by atoms with E-state index in [2.05, 4.69) is 5.32 Å². The fourth-order valence-corrected chi connectivity index (χ4v) is 2.71. The number of hydrogen-bond acceptors (Lipinski definition) is 3. The summed E-state index contributed by atoms with van der Waals surface area (Å²) in [6, 6.07) is 11.8. The molecule has 8 heteroatoms. The van der Waals surface area contributed by atoms with Crippen molar-refractivity contribution in [1.29, 1.82) is 0 Å². The van der Waals surface area contributed by atoms with Gasteiger partial charge in [0, 0.05) is 18.7 Å². The minimum absolute atomic E-state index is 0.00486. The lowest BCUT2D eigenvalue weighted by Gasteiger charge is -2.13. The van der Waals surface area contributed by atoms with Gasteiger partial charge in [-0.2, -0.15) is 13.2 Å². The summed E-state index contributed by atoms with van der Waals surface area (Å²) in [6.45, 7) is 4.27. The number of alkyl halides is 3. The third-order valence-corrected chi connectivity index (χ3v) is 4.20. The first-order chi connectivity index (χ1) is 13.7. The maximum atomic E-state index is 12.4. The van der Waals surface area contributed by atoms with Gasteiger partial charge in [0.25, 0.3) is 0 Å². The van der Waals surface area contributed by atoms with Crippen LogP contribution in [0.5, 0.6) is 5.75 Å². The molecular formula is C21H23F3N2O3. The molecule has 0 atom stereocenters. The normalized spacial score (nSPS) is 11.1. The van der Waals surface area contributed by atoms with Gasteiger partial charge in [-0.05, 0) is 43.0 Å². The van der Waals surface area contributed by atoms with Crippen LogP contribution < -0.4 is 15.4 Å². The van der Waals surface area contributed by atoms with Gasteiger partial charge in [-0.25, -0.2) is 0 Å². The predicted octanol–water partition coefficient (Wildman–Crippen LogP) is 4.28.